The number of nitrogens with one attached hydrogen (secondary N) is 1. The molecule has 2 amide bonds. The first kappa shape index (κ1) is 26.2. The Kier molecular flexibility index (Phi) is 6.74. The lowest BCUT2D eigenvalue weighted by Crippen LogP contribution is -2.31. The minimum atomic E-state index is -4.76. The number of aromatic nitrogens is 5. The van der Waals surface area contributed by atoms with Crippen LogP contribution in [-0.4, -0.2) is 61.3 Å². The van der Waals surface area contributed by atoms with Gasteiger partial charge in [0.15, 0.2) is 17.0 Å². The molecule has 0 aliphatic carbocycles. The van der Waals surface area contributed by atoms with Crippen molar-refractivity contribution < 1.29 is 27.5 Å². The number of hydrogen-bond acceptors (Lipinski definition) is 6. The molecule has 0 spiro atoms. The van der Waals surface area contributed by atoms with Crippen molar-refractivity contribution in [3.05, 3.63) is 59.2 Å². The fourth-order valence-corrected chi connectivity index (χ4v) is 4.62. The van der Waals surface area contributed by atoms with E-state index in [2.05, 4.69) is 20.5 Å². The Labute approximate surface area is 221 Å². The fraction of sp³-hybridized carbons (Fsp3) is 0.346. The van der Waals surface area contributed by atoms with Gasteiger partial charge in [0.05, 0.1) is 29.9 Å². The zero-order chi connectivity index (χ0) is 27.9. The Morgan fingerprint density at radius 3 is 2.51 bits per heavy atom. The molecule has 5 rings (SSSR count). The van der Waals surface area contributed by atoms with Gasteiger partial charge >= 0.3 is 6.18 Å². The van der Waals surface area contributed by atoms with Crippen LogP contribution >= 0.6 is 0 Å². The number of methoxy groups -OCH3 is 1. The molecule has 1 aliphatic rings. The molecule has 0 radical (unpaired) electrons. The van der Waals surface area contributed by atoms with E-state index in [-0.39, 0.29) is 29.5 Å². The number of amides is 2. The number of benzene rings is 1. The molecular weight excluding hydrogens is 515 g/mol. The SMILES string of the molecule is COc1cccc(-c2cc(C(F)(F)F)n3nc(C(=O)Nc4c(C)nn(CC(=O)N5CCCC5)c4C)cc3n2)c1. The number of anilines is 1. The third kappa shape index (κ3) is 5.16. The average molecular weight is 542 g/mol. The molecule has 0 bridgehead atoms. The van der Waals surface area contributed by atoms with Gasteiger partial charge in [-0.15, -0.1) is 0 Å². The lowest BCUT2D eigenvalue weighted by atomic mass is 10.1. The topological polar surface area (TPSA) is 107 Å². The van der Waals surface area contributed by atoms with Gasteiger partial charge in [0.2, 0.25) is 5.91 Å². The van der Waals surface area contributed by atoms with E-state index in [0.29, 0.717) is 46.0 Å². The normalized spacial score (nSPS) is 13.7. The van der Waals surface area contributed by atoms with E-state index in [0.717, 1.165) is 18.9 Å². The molecule has 39 heavy (non-hydrogen) atoms. The maximum atomic E-state index is 14.0. The molecule has 1 N–H and O–H groups in total. The molecule has 1 saturated heterocycles. The third-order valence-electron chi connectivity index (χ3n) is 6.68. The summed E-state index contributed by atoms with van der Waals surface area (Å²) >= 11 is 0. The van der Waals surface area contributed by atoms with Gasteiger partial charge in [0.1, 0.15) is 12.3 Å². The van der Waals surface area contributed by atoms with Crippen LogP contribution in [0, 0.1) is 13.8 Å². The Morgan fingerprint density at radius 2 is 1.82 bits per heavy atom. The molecule has 0 unspecified atom stereocenters. The van der Waals surface area contributed by atoms with E-state index >= 15 is 0 Å². The van der Waals surface area contributed by atoms with Gasteiger partial charge in [0, 0.05) is 24.7 Å². The summed E-state index contributed by atoms with van der Waals surface area (Å²) in [6, 6.07) is 8.57. The highest BCUT2D eigenvalue weighted by molar-refractivity contribution is 6.04. The Balaban J connectivity index is 1.45. The molecule has 4 aromatic rings. The zero-order valence-electron chi connectivity index (χ0n) is 21.5. The van der Waals surface area contributed by atoms with Crippen molar-refractivity contribution in [3.8, 4) is 17.0 Å². The first-order valence-electron chi connectivity index (χ1n) is 12.3. The highest BCUT2D eigenvalue weighted by Crippen LogP contribution is 2.33. The second-order valence-electron chi connectivity index (χ2n) is 9.30. The molecular formula is C26H26F3N7O3. The van der Waals surface area contributed by atoms with Crippen molar-refractivity contribution in [1.82, 2.24) is 29.3 Å². The molecule has 1 aliphatic heterocycles. The molecule has 1 fully saturated rings. The molecule has 0 atom stereocenters. The van der Waals surface area contributed by atoms with Crippen LogP contribution in [0.15, 0.2) is 36.4 Å². The molecule has 204 valence electrons. The molecule has 10 nitrogen and oxygen atoms in total. The molecule has 4 heterocycles. The van der Waals surface area contributed by atoms with Gasteiger partial charge in [0.25, 0.3) is 5.91 Å². The summed E-state index contributed by atoms with van der Waals surface area (Å²) in [4.78, 5) is 31.8. The van der Waals surface area contributed by atoms with Crippen LogP contribution in [0.25, 0.3) is 16.9 Å². The Morgan fingerprint density at radius 1 is 1.08 bits per heavy atom. The first-order valence-corrected chi connectivity index (χ1v) is 12.3. The summed E-state index contributed by atoms with van der Waals surface area (Å²) in [6.07, 6.45) is -2.82. The van der Waals surface area contributed by atoms with Crippen LogP contribution in [0.1, 0.15) is 40.4 Å². The van der Waals surface area contributed by atoms with Crippen LogP contribution in [0.5, 0.6) is 5.75 Å². The number of hydrogen-bond donors (Lipinski definition) is 1. The number of halogens is 3. The van der Waals surface area contributed by atoms with Crippen molar-refractivity contribution in [2.24, 2.45) is 0 Å². The highest BCUT2D eigenvalue weighted by atomic mass is 19.4. The van der Waals surface area contributed by atoms with Gasteiger partial charge in [-0.25, -0.2) is 9.50 Å². The van der Waals surface area contributed by atoms with Crippen molar-refractivity contribution in [1.29, 1.82) is 0 Å². The van der Waals surface area contributed by atoms with Crippen molar-refractivity contribution >= 4 is 23.1 Å². The number of aryl methyl sites for hydroxylation is 1. The largest absolute Gasteiger partial charge is 0.497 e. The number of alkyl halides is 3. The van der Waals surface area contributed by atoms with E-state index in [1.807, 2.05) is 0 Å². The first-order chi connectivity index (χ1) is 18.5. The quantitative estimate of drug-likeness (QED) is 0.394. The summed E-state index contributed by atoms with van der Waals surface area (Å²) in [5.74, 6) is -0.327. The second-order valence-corrected chi connectivity index (χ2v) is 9.30. The van der Waals surface area contributed by atoms with Gasteiger partial charge in [-0.1, -0.05) is 12.1 Å². The molecule has 13 heteroatoms. The number of ether oxygens (including phenoxy) is 1. The number of carbonyl (C=O) groups is 2. The lowest BCUT2D eigenvalue weighted by molar-refractivity contribution is -0.142. The predicted octanol–water partition coefficient (Wildman–Crippen LogP) is 4.11. The zero-order valence-corrected chi connectivity index (χ0v) is 21.5. The minimum absolute atomic E-state index is 0.0306. The van der Waals surface area contributed by atoms with E-state index in [4.69, 9.17) is 4.74 Å². The second kappa shape index (κ2) is 10.0. The number of likely N-dealkylation sites (tertiary alicyclic amines) is 1. The van der Waals surface area contributed by atoms with Crippen LogP contribution in [0.3, 0.4) is 0 Å². The fourth-order valence-electron chi connectivity index (χ4n) is 4.62. The van der Waals surface area contributed by atoms with E-state index in [1.54, 1.807) is 43.0 Å². The molecule has 0 saturated carbocycles. The van der Waals surface area contributed by atoms with Gasteiger partial charge in [-0.3, -0.25) is 14.3 Å². The lowest BCUT2D eigenvalue weighted by Gasteiger charge is -2.15. The standard InChI is InChI=1S/C26H26F3N7O3/c1-15-24(16(2)35(32-15)14-23(37)34-9-4-5-10-34)31-25(38)20-13-22-30-19(17-7-6-8-18(11-17)39-3)12-21(26(27,28)29)36(22)33-20/h6-8,11-13H,4-5,9-10,14H2,1-3H3,(H,31,38). The summed E-state index contributed by atoms with van der Waals surface area (Å²) in [7, 11) is 1.46. The summed E-state index contributed by atoms with van der Waals surface area (Å²) < 4.78 is 49.2. The Bertz CT molecular complexity index is 1570. The van der Waals surface area contributed by atoms with Crippen molar-refractivity contribution in [2.45, 2.75) is 39.4 Å². The highest BCUT2D eigenvalue weighted by Gasteiger charge is 2.36. The number of rotatable bonds is 6. The molecule has 1 aromatic carbocycles. The number of fused-ring (bicyclic) bond motifs is 1. The van der Waals surface area contributed by atoms with E-state index < -0.39 is 17.8 Å². The van der Waals surface area contributed by atoms with Crippen LogP contribution in [0.4, 0.5) is 18.9 Å². The van der Waals surface area contributed by atoms with Crippen molar-refractivity contribution in [3.63, 3.8) is 0 Å². The number of carbonyl (C=O) groups excluding carboxylic acids is 2. The van der Waals surface area contributed by atoms with E-state index in [1.165, 1.54) is 17.9 Å². The smallest absolute Gasteiger partial charge is 0.433 e. The van der Waals surface area contributed by atoms with Gasteiger partial charge in [-0.05, 0) is 44.9 Å². The summed E-state index contributed by atoms with van der Waals surface area (Å²) in [6.45, 7) is 4.84. The maximum Gasteiger partial charge on any atom is 0.433 e. The van der Waals surface area contributed by atoms with Gasteiger partial charge < -0.3 is 15.0 Å². The van der Waals surface area contributed by atoms with Crippen LogP contribution < -0.4 is 10.1 Å². The van der Waals surface area contributed by atoms with Crippen molar-refractivity contribution in [2.75, 3.05) is 25.5 Å². The van der Waals surface area contributed by atoms with E-state index in [9.17, 15) is 22.8 Å². The Hall–Kier alpha value is -4.42. The summed E-state index contributed by atoms with van der Waals surface area (Å²) in [5, 5.41) is 11.0. The third-order valence-corrected chi connectivity index (χ3v) is 6.68. The van der Waals surface area contributed by atoms with Crippen LogP contribution in [0.2, 0.25) is 0 Å². The van der Waals surface area contributed by atoms with Gasteiger partial charge in [-0.2, -0.15) is 23.4 Å². The van der Waals surface area contributed by atoms with Crippen LogP contribution in [-0.2, 0) is 17.5 Å². The molecule has 3 aromatic heterocycles. The number of nitrogens with zero attached hydrogens (tertiary/aromatic N) is 6. The summed E-state index contributed by atoms with van der Waals surface area (Å²) in [5.41, 5.74) is 0.369. The average Bonchev–Trinajstić information content (AvgIpc) is 3.64. The predicted molar refractivity (Wildman–Crippen MR) is 135 cm³/mol. The monoisotopic (exact) mass is 541 g/mol. The minimum Gasteiger partial charge on any atom is -0.497 e. The maximum absolute atomic E-state index is 14.0.